The number of benzene rings is 1. The minimum Gasteiger partial charge on any atom is -0.463 e. The van der Waals surface area contributed by atoms with Crippen LogP contribution in [0.3, 0.4) is 0 Å². The molecule has 0 aliphatic rings. The molecule has 1 rings (SSSR count). The van der Waals surface area contributed by atoms with Gasteiger partial charge in [0.15, 0.2) is 5.60 Å². The van der Waals surface area contributed by atoms with Crippen LogP contribution in [0.1, 0.15) is 39.7 Å². The molecule has 0 bridgehead atoms. The summed E-state index contributed by atoms with van der Waals surface area (Å²) >= 11 is 0. The fourth-order valence-electron chi connectivity index (χ4n) is 2.01. The number of hydrogen-bond acceptors (Lipinski definition) is 5. The molecule has 0 heterocycles. The van der Waals surface area contributed by atoms with Crippen molar-refractivity contribution in [1.82, 2.24) is 0 Å². The average molecular weight is 308 g/mol. The highest BCUT2D eigenvalue weighted by molar-refractivity contribution is 5.86. The van der Waals surface area contributed by atoms with Crippen molar-refractivity contribution >= 4 is 11.9 Å². The van der Waals surface area contributed by atoms with Crippen molar-refractivity contribution in [2.45, 2.75) is 58.3 Å². The third-order valence-electron chi connectivity index (χ3n) is 2.87. The summed E-state index contributed by atoms with van der Waals surface area (Å²) in [5.74, 6) is -1.44. The molecule has 0 saturated carbocycles. The number of carbonyl (C=O) groups is 2. The van der Waals surface area contributed by atoms with E-state index >= 15 is 0 Å². The molecular weight excluding hydrogens is 284 g/mol. The number of hydrogen-bond donors (Lipinski definition) is 1. The summed E-state index contributed by atoms with van der Waals surface area (Å²) in [6.07, 6.45) is -1.14. The van der Waals surface area contributed by atoms with E-state index in [1.165, 1.54) is 0 Å². The Morgan fingerprint density at radius 1 is 1.05 bits per heavy atom. The van der Waals surface area contributed by atoms with Crippen molar-refractivity contribution in [3.63, 3.8) is 0 Å². The van der Waals surface area contributed by atoms with Crippen molar-refractivity contribution in [2.75, 3.05) is 0 Å². The fourth-order valence-corrected chi connectivity index (χ4v) is 2.01. The topological polar surface area (TPSA) is 72.8 Å². The zero-order valence-corrected chi connectivity index (χ0v) is 13.5. The molecule has 1 atom stereocenters. The Balaban J connectivity index is 2.93. The predicted molar refractivity (Wildman–Crippen MR) is 82.2 cm³/mol. The van der Waals surface area contributed by atoms with Gasteiger partial charge in [0.2, 0.25) is 0 Å². The van der Waals surface area contributed by atoms with Crippen molar-refractivity contribution in [3.8, 4) is 0 Å². The van der Waals surface area contributed by atoms with E-state index in [0.29, 0.717) is 0 Å². The SMILES string of the molecule is CC(C)OC(=O)C[C@](O)(Cc1ccccc1)C(=O)OC(C)C. The van der Waals surface area contributed by atoms with E-state index in [0.717, 1.165) is 5.56 Å². The lowest BCUT2D eigenvalue weighted by atomic mass is 9.91. The summed E-state index contributed by atoms with van der Waals surface area (Å²) in [4.78, 5) is 24.1. The van der Waals surface area contributed by atoms with Crippen LogP contribution in [0.2, 0.25) is 0 Å². The van der Waals surface area contributed by atoms with Gasteiger partial charge in [-0.3, -0.25) is 4.79 Å². The Labute approximate surface area is 131 Å². The summed E-state index contributed by atoms with van der Waals surface area (Å²) in [6, 6.07) is 9.00. The van der Waals surface area contributed by atoms with E-state index in [9.17, 15) is 14.7 Å². The Morgan fingerprint density at radius 3 is 2.09 bits per heavy atom. The van der Waals surface area contributed by atoms with Gasteiger partial charge in [-0.05, 0) is 33.3 Å². The molecule has 0 spiro atoms. The van der Waals surface area contributed by atoms with Gasteiger partial charge in [-0.25, -0.2) is 4.79 Å². The maximum absolute atomic E-state index is 12.2. The van der Waals surface area contributed by atoms with Crippen molar-refractivity contribution < 1.29 is 24.2 Å². The van der Waals surface area contributed by atoms with Gasteiger partial charge in [-0.15, -0.1) is 0 Å². The normalized spacial score (nSPS) is 13.8. The van der Waals surface area contributed by atoms with Crippen LogP contribution in [0.25, 0.3) is 0 Å². The zero-order chi connectivity index (χ0) is 16.8. The lowest BCUT2D eigenvalue weighted by Gasteiger charge is -2.26. The first-order valence-corrected chi connectivity index (χ1v) is 7.40. The Morgan fingerprint density at radius 2 is 1.59 bits per heavy atom. The zero-order valence-electron chi connectivity index (χ0n) is 13.5. The van der Waals surface area contributed by atoms with E-state index in [4.69, 9.17) is 9.47 Å². The van der Waals surface area contributed by atoms with Gasteiger partial charge in [0.25, 0.3) is 0 Å². The number of ether oxygens (including phenoxy) is 2. The molecule has 0 amide bonds. The van der Waals surface area contributed by atoms with Gasteiger partial charge in [0.1, 0.15) is 0 Å². The molecule has 1 aromatic carbocycles. The maximum atomic E-state index is 12.2. The summed E-state index contributed by atoms with van der Waals surface area (Å²) in [6.45, 7) is 6.79. The van der Waals surface area contributed by atoms with E-state index in [1.807, 2.05) is 6.07 Å². The number of esters is 2. The lowest BCUT2D eigenvalue weighted by molar-refractivity contribution is -0.176. The van der Waals surface area contributed by atoms with E-state index in [-0.39, 0.29) is 18.6 Å². The number of aliphatic hydroxyl groups is 1. The van der Waals surface area contributed by atoms with Crippen molar-refractivity contribution in [2.24, 2.45) is 0 Å². The highest BCUT2D eigenvalue weighted by Crippen LogP contribution is 2.21. The van der Waals surface area contributed by atoms with Crippen LogP contribution in [0.5, 0.6) is 0 Å². The third kappa shape index (κ3) is 5.85. The first kappa shape index (κ1) is 18.2. The van der Waals surface area contributed by atoms with Gasteiger partial charge in [0, 0.05) is 6.42 Å². The molecule has 0 saturated heterocycles. The van der Waals surface area contributed by atoms with Gasteiger partial charge in [-0.2, -0.15) is 0 Å². The second-order valence-electron chi connectivity index (χ2n) is 5.86. The molecular formula is C17H24O5. The highest BCUT2D eigenvalue weighted by atomic mass is 16.6. The molecule has 5 heteroatoms. The molecule has 5 nitrogen and oxygen atoms in total. The minimum atomic E-state index is -1.93. The molecule has 1 N–H and O–H groups in total. The lowest BCUT2D eigenvalue weighted by Crippen LogP contribution is -2.45. The second-order valence-corrected chi connectivity index (χ2v) is 5.86. The van der Waals surface area contributed by atoms with Crippen LogP contribution in [-0.2, 0) is 25.5 Å². The maximum Gasteiger partial charge on any atom is 0.339 e. The second kappa shape index (κ2) is 7.94. The molecule has 122 valence electrons. The Hall–Kier alpha value is -1.88. The summed E-state index contributed by atoms with van der Waals surface area (Å²) in [5, 5.41) is 10.7. The van der Waals surface area contributed by atoms with Gasteiger partial charge in [0.05, 0.1) is 18.6 Å². The highest BCUT2D eigenvalue weighted by Gasteiger charge is 2.41. The number of rotatable bonds is 7. The van der Waals surface area contributed by atoms with E-state index in [1.54, 1.807) is 52.0 Å². The quantitative estimate of drug-likeness (QED) is 0.782. The summed E-state index contributed by atoms with van der Waals surface area (Å²) in [7, 11) is 0. The first-order valence-electron chi connectivity index (χ1n) is 7.40. The monoisotopic (exact) mass is 308 g/mol. The van der Waals surface area contributed by atoms with Crippen LogP contribution in [0, 0.1) is 0 Å². The first-order chi connectivity index (χ1) is 10.2. The van der Waals surface area contributed by atoms with Crippen LogP contribution < -0.4 is 0 Å². The molecule has 0 unspecified atom stereocenters. The van der Waals surface area contributed by atoms with Gasteiger partial charge >= 0.3 is 11.9 Å². The van der Waals surface area contributed by atoms with Crippen molar-refractivity contribution in [1.29, 1.82) is 0 Å². The Kier molecular flexibility index (Phi) is 6.56. The van der Waals surface area contributed by atoms with Crippen LogP contribution in [-0.4, -0.2) is 34.9 Å². The Bertz CT molecular complexity index is 495. The van der Waals surface area contributed by atoms with Crippen LogP contribution >= 0.6 is 0 Å². The molecule has 0 fully saturated rings. The van der Waals surface area contributed by atoms with Crippen LogP contribution in [0.4, 0.5) is 0 Å². The molecule has 0 aliphatic carbocycles. The molecule has 0 aliphatic heterocycles. The number of carbonyl (C=O) groups excluding carboxylic acids is 2. The molecule has 22 heavy (non-hydrogen) atoms. The smallest absolute Gasteiger partial charge is 0.339 e. The van der Waals surface area contributed by atoms with Gasteiger partial charge in [-0.1, -0.05) is 30.3 Å². The molecule has 0 radical (unpaired) electrons. The predicted octanol–water partition coefficient (Wildman–Crippen LogP) is 2.25. The standard InChI is InChI=1S/C17H24O5/c1-12(2)21-15(18)11-17(20,16(19)22-13(3)4)10-14-8-6-5-7-9-14/h5-9,12-13,20H,10-11H2,1-4H3/t17-/m1/s1. The van der Waals surface area contributed by atoms with E-state index in [2.05, 4.69) is 0 Å². The third-order valence-corrected chi connectivity index (χ3v) is 2.87. The average Bonchev–Trinajstić information content (AvgIpc) is 2.37. The summed E-state index contributed by atoms with van der Waals surface area (Å²) in [5.41, 5.74) is -1.19. The van der Waals surface area contributed by atoms with E-state index < -0.39 is 24.0 Å². The minimum absolute atomic E-state index is 0.00735. The fraction of sp³-hybridized carbons (Fsp3) is 0.529. The molecule has 0 aromatic heterocycles. The summed E-state index contributed by atoms with van der Waals surface area (Å²) < 4.78 is 10.1. The molecule has 1 aromatic rings. The largest absolute Gasteiger partial charge is 0.463 e. The van der Waals surface area contributed by atoms with Crippen molar-refractivity contribution in [3.05, 3.63) is 35.9 Å². The van der Waals surface area contributed by atoms with Crippen LogP contribution in [0.15, 0.2) is 30.3 Å². The van der Waals surface area contributed by atoms with Gasteiger partial charge < -0.3 is 14.6 Å².